The molecular weight excluding hydrogens is 374 g/mol. The number of methoxy groups -OCH3 is 1. The van der Waals surface area contributed by atoms with Crippen LogP contribution in [0.5, 0.6) is 5.75 Å². The van der Waals surface area contributed by atoms with Crippen molar-refractivity contribution in [2.24, 2.45) is 5.92 Å². The van der Waals surface area contributed by atoms with Crippen molar-refractivity contribution >= 4 is 27.4 Å². The Hall–Kier alpha value is -2.48. The topological polar surface area (TPSA) is 73.1 Å². The molecule has 0 bridgehead atoms. The summed E-state index contributed by atoms with van der Waals surface area (Å²) in [6, 6.07) is 5.42. The lowest BCUT2D eigenvalue weighted by Gasteiger charge is -2.31. The third kappa shape index (κ3) is 3.37. The predicted molar refractivity (Wildman–Crippen MR) is 109 cm³/mol. The smallest absolute Gasteiger partial charge is 0.261 e. The molecule has 8 heteroatoms. The van der Waals surface area contributed by atoms with Crippen LogP contribution in [0, 0.1) is 5.92 Å². The quantitative estimate of drug-likeness (QED) is 0.659. The van der Waals surface area contributed by atoms with Crippen LogP contribution in [-0.2, 0) is 6.54 Å². The molecule has 0 amide bonds. The second kappa shape index (κ2) is 7.16. The SMILES string of the molecule is COc1ccc2c(=O)n(CC3CCN(c4nnc(C5CC5)s4)CC3)cnc2c1. The Morgan fingerprint density at radius 1 is 1.18 bits per heavy atom. The van der Waals surface area contributed by atoms with Gasteiger partial charge in [-0.05, 0) is 43.7 Å². The van der Waals surface area contributed by atoms with E-state index in [9.17, 15) is 4.79 Å². The first-order valence-electron chi connectivity index (χ1n) is 9.83. The van der Waals surface area contributed by atoms with Gasteiger partial charge in [-0.1, -0.05) is 11.3 Å². The minimum atomic E-state index is 0.0216. The summed E-state index contributed by atoms with van der Waals surface area (Å²) in [6.07, 6.45) is 6.29. The maximum absolute atomic E-state index is 12.8. The van der Waals surface area contributed by atoms with Gasteiger partial charge in [-0.25, -0.2) is 4.98 Å². The van der Waals surface area contributed by atoms with Crippen molar-refractivity contribution in [3.8, 4) is 5.75 Å². The fourth-order valence-corrected chi connectivity index (χ4v) is 4.89. The number of rotatable bonds is 5. The van der Waals surface area contributed by atoms with Crippen molar-refractivity contribution in [2.75, 3.05) is 25.1 Å². The van der Waals surface area contributed by atoms with E-state index in [0.717, 1.165) is 31.1 Å². The lowest BCUT2D eigenvalue weighted by atomic mass is 9.97. The molecule has 1 aliphatic carbocycles. The molecule has 1 saturated heterocycles. The molecule has 2 fully saturated rings. The molecule has 1 saturated carbocycles. The average molecular weight is 398 g/mol. The van der Waals surface area contributed by atoms with Gasteiger partial charge in [0.1, 0.15) is 10.8 Å². The number of benzene rings is 1. The average Bonchev–Trinajstić information content (AvgIpc) is 3.47. The highest BCUT2D eigenvalue weighted by molar-refractivity contribution is 7.15. The molecule has 0 unspecified atom stereocenters. The van der Waals surface area contributed by atoms with E-state index < -0.39 is 0 Å². The van der Waals surface area contributed by atoms with E-state index in [1.807, 2.05) is 6.07 Å². The van der Waals surface area contributed by atoms with Crippen LogP contribution in [0.1, 0.15) is 36.6 Å². The van der Waals surface area contributed by atoms with E-state index in [4.69, 9.17) is 4.74 Å². The number of fused-ring (bicyclic) bond motifs is 1. The van der Waals surface area contributed by atoms with Crippen LogP contribution in [-0.4, -0.2) is 39.9 Å². The van der Waals surface area contributed by atoms with Crippen LogP contribution >= 0.6 is 11.3 Å². The van der Waals surface area contributed by atoms with Gasteiger partial charge >= 0.3 is 0 Å². The first-order chi connectivity index (χ1) is 13.7. The Morgan fingerprint density at radius 3 is 2.75 bits per heavy atom. The van der Waals surface area contributed by atoms with Gasteiger partial charge in [0.25, 0.3) is 5.56 Å². The third-order valence-corrected chi connectivity index (χ3v) is 6.88. The standard InChI is InChI=1S/C20H23N5O2S/c1-27-15-4-5-16-17(10-15)21-12-25(19(16)26)11-13-6-8-24(9-7-13)20-23-22-18(28-20)14-2-3-14/h4-5,10,12-14H,2-3,6-9,11H2,1H3. The normalized spacial score (nSPS) is 18.0. The first-order valence-corrected chi connectivity index (χ1v) is 10.6. The third-order valence-electron chi connectivity index (χ3n) is 5.73. The molecule has 1 aliphatic heterocycles. The van der Waals surface area contributed by atoms with Gasteiger partial charge < -0.3 is 9.64 Å². The van der Waals surface area contributed by atoms with Crippen LogP contribution < -0.4 is 15.2 Å². The summed E-state index contributed by atoms with van der Waals surface area (Å²) in [7, 11) is 1.61. The van der Waals surface area contributed by atoms with Crippen molar-refractivity contribution in [3.05, 3.63) is 39.9 Å². The maximum Gasteiger partial charge on any atom is 0.261 e. The zero-order valence-electron chi connectivity index (χ0n) is 15.9. The molecule has 146 valence electrons. The number of aromatic nitrogens is 4. The van der Waals surface area contributed by atoms with Crippen molar-refractivity contribution in [3.63, 3.8) is 0 Å². The number of nitrogens with zero attached hydrogens (tertiary/aromatic N) is 5. The fraction of sp³-hybridized carbons (Fsp3) is 0.500. The maximum atomic E-state index is 12.8. The summed E-state index contributed by atoms with van der Waals surface area (Å²) in [5.74, 6) is 1.85. The highest BCUT2D eigenvalue weighted by atomic mass is 32.1. The van der Waals surface area contributed by atoms with Crippen molar-refractivity contribution < 1.29 is 4.74 Å². The van der Waals surface area contributed by atoms with E-state index in [0.29, 0.717) is 35.0 Å². The molecular formula is C20H23N5O2S. The second-order valence-corrected chi connectivity index (χ2v) is 8.70. The molecule has 2 aromatic heterocycles. The minimum absolute atomic E-state index is 0.0216. The number of anilines is 1. The lowest BCUT2D eigenvalue weighted by Crippen LogP contribution is -2.36. The summed E-state index contributed by atoms with van der Waals surface area (Å²) >= 11 is 1.75. The molecule has 0 N–H and O–H groups in total. The molecule has 0 spiro atoms. The van der Waals surface area contributed by atoms with Gasteiger partial charge in [0.05, 0.1) is 24.3 Å². The van der Waals surface area contributed by atoms with Gasteiger partial charge in [0, 0.05) is 31.6 Å². The summed E-state index contributed by atoms with van der Waals surface area (Å²) in [5.41, 5.74) is 0.700. The Kier molecular flexibility index (Phi) is 4.50. The van der Waals surface area contributed by atoms with Crippen molar-refractivity contribution in [1.82, 2.24) is 19.7 Å². The van der Waals surface area contributed by atoms with Gasteiger partial charge in [-0.3, -0.25) is 9.36 Å². The van der Waals surface area contributed by atoms with E-state index in [-0.39, 0.29) is 5.56 Å². The molecule has 5 rings (SSSR count). The van der Waals surface area contributed by atoms with Gasteiger partial charge in [-0.2, -0.15) is 0 Å². The largest absolute Gasteiger partial charge is 0.497 e. The Labute approximate surface area is 167 Å². The summed E-state index contributed by atoms with van der Waals surface area (Å²) < 4.78 is 6.97. The Balaban J connectivity index is 1.25. The molecule has 7 nitrogen and oxygen atoms in total. The highest BCUT2D eigenvalue weighted by Gasteiger charge is 2.29. The van der Waals surface area contributed by atoms with Crippen molar-refractivity contribution in [2.45, 2.75) is 38.1 Å². The second-order valence-electron chi connectivity index (χ2n) is 7.71. The van der Waals surface area contributed by atoms with E-state index >= 15 is 0 Å². The molecule has 28 heavy (non-hydrogen) atoms. The molecule has 2 aliphatic rings. The molecule has 0 radical (unpaired) electrons. The Morgan fingerprint density at radius 2 is 2.00 bits per heavy atom. The van der Waals surface area contributed by atoms with Crippen LogP contribution in [0.3, 0.4) is 0 Å². The van der Waals surface area contributed by atoms with Crippen LogP contribution in [0.4, 0.5) is 5.13 Å². The Bertz CT molecular complexity index is 1050. The zero-order chi connectivity index (χ0) is 19.1. The molecule has 3 heterocycles. The number of ether oxygens (including phenoxy) is 1. The number of piperidine rings is 1. The fourth-order valence-electron chi connectivity index (χ4n) is 3.83. The van der Waals surface area contributed by atoms with Crippen LogP contribution in [0.2, 0.25) is 0 Å². The van der Waals surface area contributed by atoms with Gasteiger partial charge in [0.15, 0.2) is 0 Å². The van der Waals surface area contributed by atoms with E-state index in [2.05, 4.69) is 20.1 Å². The summed E-state index contributed by atoms with van der Waals surface area (Å²) in [6.45, 7) is 2.65. The number of hydrogen-bond donors (Lipinski definition) is 0. The highest BCUT2D eigenvalue weighted by Crippen LogP contribution is 2.42. The van der Waals surface area contributed by atoms with Gasteiger partial charge in [-0.15, -0.1) is 10.2 Å². The van der Waals surface area contributed by atoms with Gasteiger partial charge in [0.2, 0.25) is 5.13 Å². The molecule has 0 atom stereocenters. The van der Waals surface area contributed by atoms with Crippen molar-refractivity contribution in [1.29, 1.82) is 0 Å². The first kappa shape index (κ1) is 17.6. The minimum Gasteiger partial charge on any atom is -0.497 e. The van der Waals surface area contributed by atoms with Crippen LogP contribution in [0.15, 0.2) is 29.3 Å². The summed E-state index contributed by atoms with van der Waals surface area (Å²) in [4.78, 5) is 19.6. The van der Waals surface area contributed by atoms with E-state index in [1.54, 1.807) is 41.5 Å². The van der Waals surface area contributed by atoms with Crippen LogP contribution in [0.25, 0.3) is 10.9 Å². The summed E-state index contributed by atoms with van der Waals surface area (Å²) in [5, 5.41) is 11.6. The number of hydrogen-bond acceptors (Lipinski definition) is 7. The zero-order valence-corrected chi connectivity index (χ0v) is 16.7. The monoisotopic (exact) mass is 397 g/mol. The van der Waals surface area contributed by atoms with E-state index in [1.165, 1.54) is 17.8 Å². The molecule has 3 aromatic rings. The predicted octanol–water partition coefficient (Wildman–Crippen LogP) is 3.05. The lowest BCUT2D eigenvalue weighted by molar-refractivity contribution is 0.351. The molecule has 1 aromatic carbocycles.